The molecule has 1 aromatic carbocycles. The van der Waals surface area contributed by atoms with Crippen LogP contribution in [0.5, 0.6) is 0 Å². The number of aromatic nitrogens is 2. The summed E-state index contributed by atoms with van der Waals surface area (Å²) in [5.74, 6) is 0.967. The van der Waals surface area contributed by atoms with Gasteiger partial charge >= 0.3 is 6.03 Å². The van der Waals surface area contributed by atoms with Crippen molar-refractivity contribution in [3.8, 4) is 0 Å². The highest BCUT2D eigenvalue weighted by atomic mass is 16.2. The zero-order valence-electron chi connectivity index (χ0n) is 12.1. The number of amides is 2. The van der Waals surface area contributed by atoms with Gasteiger partial charge in [-0.15, -0.1) is 0 Å². The van der Waals surface area contributed by atoms with E-state index < -0.39 is 0 Å². The Hall–Kier alpha value is -2.63. The first kappa shape index (κ1) is 13.4. The van der Waals surface area contributed by atoms with Gasteiger partial charge in [-0.2, -0.15) is 0 Å². The summed E-state index contributed by atoms with van der Waals surface area (Å²) >= 11 is 0. The van der Waals surface area contributed by atoms with Gasteiger partial charge in [0.15, 0.2) is 5.82 Å². The van der Waals surface area contributed by atoms with Gasteiger partial charge in [-0.3, -0.25) is 4.90 Å². The maximum atomic E-state index is 12.4. The quantitative estimate of drug-likeness (QED) is 0.914. The zero-order chi connectivity index (χ0) is 15.0. The van der Waals surface area contributed by atoms with E-state index in [4.69, 9.17) is 5.73 Å². The van der Waals surface area contributed by atoms with Gasteiger partial charge in [-0.1, -0.05) is 18.2 Å². The highest BCUT2D eigenvalue weighted by molar-refractivity contribution is 5.94. The SMILES string of the molecule is Cc1cc(N)nc(CN2C(=O)N(C)Cc3ccccc32)n1. The summed E-state index contributed by atoms with van der Waals surface area (Å²) in [6.45, 7) is 2.79. The summed E-state index contributed by atoms with van der Waals surface area (Å²) < 4.78 is 0. The van der Waals surface area contributed by atoms with Crippen molar-refractivity contribution in [3.63, 3.8) is 0 Å². The standard InChI is InChI=1S/C15H17N5O/c1-10-7-13(16)18-14(17-10)9-20-12-6-4-3-5-11(12)8-19(2)15(20)21/h3-7H,8-9H2,1-2H3,(H2,16,17,18). The van der Waals surface area contributed by atoms with Crippen LogP contribution in [0.3, 0.4) is 0 Å². The van der Waals surface area contributed by atoms with Crippen molar-refractivity contribution in [2.45, 2.75) is 20.0 Å². The molecule has 0 fully saturated rings. The molecule has 1 aromatic heterocycles. The lowest BCUT2D eigenvalue weighted by atomic mass is 10.1. The number of nitrogens with zero attached hydrogens (tertiary/aromatic N) is 4. The van der Waals surface area contributed by atoms with Gasteiger partial charge in [0.05, 0.1) is 12.2 Å². The number of benzene rings is 1. The monoisotopic (exact) mass is 283 g/mol. The average Bonchev–Trinajstić information content (AvgIpc) is 2.43. The Morgan fingerprint density at radius 3 is 2.81 bits per heavy atom. The lowest BCUT2D eigenvalue weighted by Gasteiger charge is -2.34. The van der Waals surface area contributed by atoms with Crippen LogP contribution in [0.1, 0.15) is 17.1 Å². The fourth-order valence-corrected chi connectivity index (χ4v) is 2.56. The molecule has 1 aliphatic rings. The number of rotatable bonds is 2. The summed E-state index contributed by atoms with van der Waals surface area (Å²) in [5.41, 5.74) is 8.57. The Bertz CT molecular complexity index is 680. The predicted molar refractivity (Wildman–Crippen MR) is 80.7 cm³/mol. The van der Waals surface area contributed by atoms with Crippen molar-refractivity contribution in [1.82, 2.24) is 14.9 Å². The minimum absolute atomic E-state index is 0.0580. The maximum absolute atomic E-state index is 12.4. The van der Waals surface area contributed by atoms with Crippen LogP contribution in [0.2, 0.25) is 0 Å². The van der Waals surface area contributed by atoms with Gasteiger partial charge in [-0.25, -0.2) is 14.8 Å². The highest BCUT2D eigenvalue weighted by Crippen LogP contribution is 2.28. The molecule has 1 aliphatic heterocycles. The molecule has 0 saturated carbocycles. The molecule has 0 spiro atoms. The second kappa shape index (κ2) is 5.05. The summed E-state index contributed by atoms with van der Waals surface area (Å²) in [6, 6.07) is 9.52. The van der Waals surface area contributed by atoms with E-state index in [-0.39, 0.29) is 6.03 Å². The lowest BCUT2D eigenvalue weighted by Crippen LogP contribution is -2.45. The van der Waals surface area contributed by atoms with Crippen LogP contribution in [0.4, 0.5) is 16.3 Å². The molecule has 3 rings (SSSR count). The maximum Gasteiger partial charge on any atom is 0.324 e. The van der Waals surface area contributed by atoms with Crippen molar-refractivity contribution in [3.05, 3.63) is 47.4 Å². The zero-order valence-corrected chi connectivity index (χ0v) is 12.1. The first-order valence-corrected chi connectivity index (χ1v) is 6.75. The third kappa shape index (κ3) is 2.52. The molecule has 0 saturated heterocycles. The second-order valence-electron chi connectivity index (χ2n) is 5.20. The molecule has 21 heavy (non-hydrogen) atoms. The van der Waals surface area contributed by atoms with E-state index in [0.29, 0.717) is 24.7 Å². The van der Waals surface area contributed by atoms with E-state index in [1.54, 1.807) is 22.9 Å². The number of fused-ring (bicyclic) bond motifs is 1. The topological polar surface area (TPSA) is 75.3 Å². The Balaban J connectivity index is 1.98. The van der Waals surface area contributed by atoms with Crippen molar-refractivity contribution in [1.29, 1.82) is 0 Å². The van der Waals surface area contributed by atoms with Gasteiger partial charge in [-0.05, 0) is 18.6 Å². The third-order valence-corrected chi connectivity index (χ3v) is 3.47. The van der Waals surface area contributed by atoms with Gasteiger partial charge in [0.2, 0.25) is 0 Å². The van der Waals surface area contributed by atoms with Gasteiger partial charge in [0, 0.05) is 25.4 Å². The predicted octanol–water partition coefficient (Wildman–Crippen LogP) is 1.94. The Morgan fingerprint density at radius 1 is 1.29 bits per heavy atom. The first-order chi connectivity index (χ1) is 10.0. The van der Waals surface area contributed by atoms with Crippen LogP contribution in [0, 0.1) is 6.92 Å². The number of para-hydroxylation sites is 1. The lowest BCUT2D eigenvalue weighted by molar-refractivity contribution is 0.210. The molecule has 0 bridgehead atoms. The fourth-order valence-electron chi connectivity index (χ4n) is 2.56. The highest BCUT2D eigenvalue weighted by Gasteiger charge is 2.28. The molecule has 0 radical (unpaired) electrons. The smallest absolute Gasteiger partial charge is 0.324 e. The first-order valence-electron chi connectivity index (χ1n) is 6.75. The van der Waals surface area contributed by atoms with Crippen LogP contribution in [0.25, 0.3) is 0 Å². The molecule has 0 unspecified atom stereocenters. The number of aryl methyl sites for hydroxylation is 1. The minimum Gasteiger partial charge on any atom is -0.384 e. The van der Waals surface area contributed by atoms with Crippen LogP contribution >= 0.6 is 0 Å². The number of urea groups is 1. The average molecular weight is 283 g/mol. The van der Waals surface area contributed by atoms with Crippen molar-refractivity contribution < 1.29 is 4.79 Å². The van der Waals surface area contributed by atoms with Gasteiger partial charge < -0.3 is 10.6 Å². The van der Waals surface area contributed by atoms with E-state index in [2.05, 4.69) is 9.97 Å². The Kier molecular flexibility index (Phi) is 3.21. The molecule has 0 aliphatic carbocycles. The fraction of sp³-hybridized carbons (Fsp3) is 0.267. The summed E-state index contributed by atoms with van der Waals surface area (Å²) in [7, 11) is 1.79. The molecule has 2 amide bonds. The van der Waals surface area contributed by atoms with Crippen LogP contribution in [0.15, 0.2) is 30.3 Å². The molecular formula is C15H17N5O. The number of nitrogens with two attached hydrogens (primary N) is 1. The van der Waals surface area contributed by atoms with Gasteiger partial charge in [0.1, 0.15) is 5.82 Å². The van der Waals surface area contributed by atoms with E-state index in [9.17, 15) is 4.79 Å². The van der Waals surface area contributed by atoms with Crippen LogP contribution in [-0.2, 0) is 13.1 Å². The van der Waals surface area contributed by atoms with E-state index >= 15 is 0 Å². The number of nitrogen functional groups attached to an aromatic ring is 1. The molecule has 6 heteroatoms. The third-order valence-electron chi connectivity index (χ3n) is 3.47. The summed E-state index contributed by atoms with van der Waals surface area (Å²) in [5, 5.41) is 0. The number of anilines is 2. The molecular weight excluding hydrogens is 266 g/mol. The number of carbonyl (C=O) groups is 1. The molecule has 2 aromatic rings. The van der Waals surface area contributed by atoms with Crippen LogP contribution in [-0.4, -0.2) is 27.9 Å². The molecule has 2 N–H and O–H groups in total. The number of hydrogen-bond donors (Lipinski definition) is 1. The van der Waals surface area contributed by atoms with Crippen LogP contribution < -0.4 is 10.6 Å². The largest absolute Gasteiger partial charge is 0.384 e. The van der Waals surface area contributed by atoms with Crippen molar-refractivity contribution in [2.75, 3.05) is 17.7 Å². The van der Waals surface area contributed by atoms with Gasteiger partial charge in [0.25, 0.3) is 0 Å². The molecule has 2 heterocycles. The van der Waals surface area contributed by atoms with E-state index in [1.165, 1.54) is 0 Å². The van der Waals surface area contributed by atoms with Crippen molar-refractivity contribution >= 4 is 17.5 Å². The normalized spacial score (nSPS) is 14.3. The Morgan fingerprint density at radius 2 is 2.05 bits per heavy atom. The number of carbonyl (C=O) groups excluding carboxylic acids is 1. The summed E-state index contributed by atoms with van der Waals surface area (Å²) in [6.07, 6.45) is 0. The molecule has 6 nitrogen and oxygen atoms in total. The molecule has 0 atom stereocenters. The van der Waals surface area contributed by atoms with E-state index in [0.717, 1.165) is 16.9 Å². The second-order valence-corrected chi connectivity index (χ2v) is 5.20. The minimum atomic E-state index is -0.0580. The molecule has 108 valence electrons. The number of hydrogen-bond acceptors (Lipinski definition) is 4. The Labute approximate surface area is 123 Å². The summed E-state index contributed by atoms with van der Waals surface area (Å²) in [4.78, 5) is 24.4. The van der Waals surface area contributed by atoms with Crippen molar-refractivity contribution in [2.24, 2.45) is 0 Å². The van der Waals surface area contributed by atoms with E-state index in [1.807, 2.05) is 31.2 Å².